The number of amides is 4. The highest BCUT2D eigenvalue weighted by molar-refractivity contribution is 5.95. The van der Waals surface area contributed by atoms with Gasteiger partial charge in [0.25, 0.3) is 0 Å². The van der Waals surface area contributed by atoms with E-state index in [1.807, 2.05) is 46.2 Å². The molecule has 4 fully saturated rings. The molecule has 2 saturated carbocycles. The SMILES string of the molecule is COc1cc2nc(N3CCN(C(=O)NCC4CC4)CC3)cc(N)c2cc1OC.COc1cc2nc(N3CCN(C(=O)NCC4CC4)CC3)cc(N)c2cc1OC.Cl.Cl.O. The largest absolute Gasteiger partial charge is 0.493 e. The van der Waals surface area contributed by atoms with Crippen molar-refractivity contribution in [3.05, 3.63) is 36.4 Å². The number of urea groups is 2. The first-order valence-corrected chi connectivity index (χ1v) is 19.4. The summed E-state index contributed by atoms with van der Waals surface area (Å²) in [7, 11) is 6.40. The van der Waals surface area contributed by atoms with Crippen molar-refractivity contribution in [3.8, 4) is 23.0 Å². The Morgan fingerprint density at radius 2 is 0.898 bits per heavy atom. The number of nitrogen functional groups attached to an aromatic ring is 2. The number of piperazine rings is 2. The van der Waals surface area contributed by atoms with Crippen molar-refractivity contribution < 1.29 is 34.0 Å². The molecule has 4 aromatic rings. The Kier molecular flexibility index (Phi) is 16.2. The van der Waals surface area contributed by atoms with Gasteiger partial charge >= 0.3 is 12.1 Å². The first kappa shape index (κ1) is 46.4. The molecule has 0 atom stereocenters. The Balaban J connectivity index is 0.000000248. The van der Waals surface area contributed by atoms with Gasteiger partial charge < -0.3 is 66.1 Å². The van der Waals surface area contributed by atoms with Crippen LogP contribution in [0.3, 0.4) is 0 Å². The molecule has 8 rings (SSSR count). The lowest BCUT2D eigenvalue weighted by Gasteiger charge is -2.35. The van der Waals surface area contributed by atoms with Crippen LogP contribution in [0.15, 0.2) is 36.4 Å². The molecular weight excluding hydrogens is 803 g/mol. The predicted molar refractivity (Wildman–Crippen MR) is 236 cm³/mol. The lowest BCUT2D eigenvalue weighted by molar-refractivity contribution is 0.193. The number of nitrogens with one attached hydrogen (secondary N) is 2. The average molecular weight is 862 g/mol. The third kappa shape index (κ3) is 11.1. The molecule has 0 radical (unpaired) electrons. The topological polar surface area (TPSA) is 217 Å². The fourth-order valence-electron chi connectivity index (χ4n) is 7.06. The van der Waals surface area contributed by atoms with Gasteiger partial charge in [-0.15, -0.1) is 24.8 Å². The molecule has 59 heavy (non-hydrogen) atoms. The second-order valence-corrected chi connectivity index (χ2v) is 14.8. The molecule has 2 saturated heterocycles. The number of nitrogens with zero attached hydrogens (tertiary/aromatic N) is 6. The Labute approximate surface area is 357 Å². The van der Waals surface area contributed by atoms with Gasteiger partial charge in [0, 0.05) is 112 Å². The molecule has 19 heteroatoms. The van der Waals surface area contributed by atoms with E-state index in [2.05, 4.69) is 20.4 Å². The summed E-state index contributed by atoms with van der Waals surface area (Å²) in [5.74, 6) is 5.50. The quantitative estimate of drug-likeness (QED) is 0.177. The Morgan fingerprint density at radius 3 is 1.20 bits per heavy atom. The van der Waals surface area contributed by atoms with Crippen molar-refractivity contribution in [2.24, 2.45) is 11.8 Å². The van der Waals surface area contributed by atoms with Gasteiger partial charge in [0.1, 0.15) is 11.6 Å². The number of benzene rings is 2. The van der Waals surface area contributed by atoms with Gasteiger partial charge in [-0.25, -0.2) is 19.6 Å². The summed E-state index contributed by atoms with van der Waals surface area (Å²) in [6, 6.07) is 11.2. The number of aromatic nitrogens is 2. The fraction of sp³-hybridized carbons (Fsp3) is 0.500. The zero-order valence-corrected chi connectivity index (χ0v) is 35.8. The van der Waals surface area contributed by atoms with E-state index in [1.54, 1.807) is 28.4 Å². The molecule has 2 aromatic heterocycles. The maximum absolute atomic E-state index is 12.3. The highest BCUT2D eigenvalue weighted by atomic mass is 35.5. The van der Waals surface area contributed by atoms with Crippen molar-refractivity contribution in [3.63, 3.8) is 0 Å². The summed E-state index contributed by atoms with van der Waals surface area (Å²) in [5, 5.41) is 7.73. The van der Waals surface area contributed by atoms with Gasteiger partial charge in [-0.2, -0.15) is 0 Å². The van der Waals surface area contributed by atoms with E-state index >= 15 is 0 Å². The molecule has 2 aromatic carbocycles. The Hall–Kier alpha value is -5.26. The number of carbonyl (C=O) groups excluding carboxylic acids is 2. The number of hydrogen-bond acceptors (Lipinski definition) is 12. The fourth-order valence-corrected chi connectivity index (χ4v) is 7.06. The van der Waals surface area contributed by atoms with Crippen LogP contribution >= 0.6 is 24.8 Å². The molecule has 0 bridgehead atoms. The number of methoxy groups -OCH3 is 4. The minimum atomic E-state index is 0. The van der Waals surface area contributed by atoms with Crippen LogP contribution in [-0.4, -0.2) is 131 Å². The zero-order valence-electron chi connectivity index (χ0n) is 34.1. The van der Waals surface area contributed by atoms with Crippen LogP contribution in [-0.2, 0) is 0 Å². The Morgan fingerprint density at radius 1 is 0.576 bits per heavy atom. The van der Waals surface area contributed by atoms with Crippen LogP contribution in [0.25, 0.3) is 21.8 Å². The van der Waals surface area contributed by atoms with Gasteiger partial charge in [0.15, 0.2) is 23.0 Å². The monoisotopic (exact) mass is 860 g/mol. The van der Waals surface area contributed by atoms with Crippen LogP contribution in [0, 0.1) is 11.8 Å². The molecule has 0 spiro atoms. The molecule has 4 amide bonds. The van der Waals surface area contributed by atoms with Gasteiger partial charge in [0.05, 0.1) is 39.5 Å². The summed E-state index contributed by atoms with van der Waals surface area (Å²) in [6.45, 7) is 7.17. The standard InChI is InChI=1S/2C20H27N5O3.2ClH.H2O/c2*1-27-17-9-14-15(21)10-19(23-16(14)11-18(17)28-2)24-5-7-25(8-6-24)20(26)22-12-13-3-4-13;;;/h2*9-11,13H,3-8,12H2,1-2H3,(H2,21,23)(H,22,26);2*1H;1H2. The van der Waals surface area contributed by atoms with Gasteiger partial charge in [-0.1, -0.05) is 0 Å². The first-order valence-electron chi connectivity index (χ1n) is 19.4. The van der Waals surface area contributed by atoms with E-state index < -0.39 is 0 Å². The van der Waals surface area contributed by atoms with Crippen molar-refractivity contribution in [1.82, 2.24) is 30.4 Å². The summed E-state index contributed by atoms with van der Waals surface area (Å²) in [4.78, 5) is 42.2. The number of anilines is 4. The smallest absolute Gasteiger partial charge is 0.317 e. The molecule has 0 unspecified atom stereocenters. The van der Waals surface area contributed by atoms with E-state index in [-0.39, 0.29) is 42.4 Å². The minimum absolute atomic E-state index is 0. The molecule has 8 N–H and O–H groups in total. The third-order valence-electron chi connectivity index (χ3n) is 10.9. The number of carbonyl (C=O) groups is 2. The normalized spacial score (nSPS) is 16.1. The van der Waals surface area contributed by atoms with Crippen LogP contribution in [0.2, 0.25) is 0 Å². The summed E-state index contributed by atoms with van der Waals surface area (Å²) in [5.41, 5.74) is 15.4. The third-order valence-corrected chi connectivity index (χ3v) is 10.9. The summed E-state index contributed by atoms with van der Waals surface area (Å²) >= 11 is 0. The highest BCUT2D eigenvalue weighted by Gasteiger charge is 2.27. The van der Waals surface area contributed by atoms with Gasteiger partial charge in [-0.3, -0.25) is 0 Å². The van der Waals surface area contributed by atoms with E-state index in [1.165, 1.54) is 25.7 Å². The second kappa shape index (κ2) is 20.6. The van der Waals surface area contributed by atoms with Crippen molar-refractivity contribution in [2.45, 2.75) is 25.7 Å². The number of pyridine rings is 2. The van der Waals surface area contributed by atoms with E-state index in [0.29, 0.717) is 72.4 Å². The van der Waals surface area contributed by atoms with Crippen molar-refractivity contribution in [1.29, 1.82) is 0 Å². The number of halogens is 2. The molecular formula is C40H58Cl2N10O7. The van der Waals surface area contributed by atoms with E-state index in [0.717, 1.165) is 72.7 Å². The lowest BCUT2D eigenvalue weighted by Crippen LogP contribution is -2.52. The van der Waals surface area contributed by atoms with Crippen LogP contribution in [0.1, 0.15) is 25.7 Å². The number of nitrogens with two attached hydrogens (primary N) is 2. The number of hydrogen-bond donors (Lipinski definition) is 4. The van der Waals surface area contributed by atoms with Gasteiger partial charge in [-0.05, 0) is 49.7 Å². The summed E-state index contributed by atoms with van der Waals surface area (Å²) in [6.07, 6.45) is 4.94. The van der Waals surface area contributed by atoms with Crippen LogP contribution in [0.4, 0.5) is 32.6 Å². The molecule has 324 valence electrons. The number of ether oxygens (including phenoxy) is 4. The molecule has 2 aliphatic carbocycles. The van der Waals surface area contributed by atoms with E-state index in [9.17, 15) is 9.59 Å². The molecule has 17 nitrogen and oxygen atoms in total. The Bertz CT molecular complexity index is 1910. The first-order chi connectivity index (χ1) is 27.2. The van der Waals surface area contributed by atoms with Crippen molar-refractivity contribution in [2.75, 3.05) is 115 Å². The maximum atomic E-state index is 12.3. The molecule has 2 aliphatic heterocycles. The lowest BCUT2D eigenvalue weighted by atomic mass is 10.1. The van der Waals surface area contributed by atoms with Gasteiger partial charge in [0.2, 0.25) is 0 Å². The second-order valence-electron chi connectivity index (χ2n) is 14.8. The maximum Gasteiger partial charge on any atom is 0.317 e. The highest BCUT2D eigenvalue weighted by Crippen LogP contribution is 2.37. The van der Waals surface area contributed by atoms with Crippen LogP contribution < -0.4 is 50.8 Å². The van der Waals surface area contributed by atoms with Crippen molar-refractivity contribution >= 4 is 81.7 Å². The minimum Gasteiger partial charge on any atom is -0.493 e. The predicted octanol–water partition coefficient (Wildman–Crippen LogP) is 4.17. The number of fused-ring (bicyclic) bond motifs is 2. The van der Waals surface area contributed by atoms with E-state index in [4.69, 9.17) is 40.4 Å². The van der Waals surface area contributed by atoms with Crippen LogP contribution in [0.5, 0.6) is 23.0 Å². The average Bonchev–Trinajstić information content (AvgIpc) is 4.18. The zero-order chi connectivity index (χ0) is 39.3. The molecule has 4 heterocycles. The summed E-state index contributed by atoms with van der Waals surface area (Å²) < 4.78 is 21.5. The number of rotatable bonds is 10. The molecule has 4 aliphatic rings.